The van der Waals surface area contributed by atoms with Gasteiger partial charge >= 0.3 is 6.18 Å². The lowest BCUT2D eigenvalue weighted by Crippen LogP contribution is -2.48. The maximum atomic E-state index is 12.1. The van der Waals surface area contributed by atoms with Crippen LogP contribution in [0.5, 0.6) is 0 Å². The second-order valence-electron chi connectivity index (χ2n) is 1.75. The van der Waals surface area contributed by atoms with E-state index >= 15 is 0 Å². The van der Waals surface area contributed by atoms with Crippen molar-refractivity contribution in [1.29, 1.82) is 0 Å². The van der Waals surface area contributed by atoms with Crippen LogP contribution in [-0.2, 0) is 0 Å². The Morgan fingerprint density at radius 2 is 1.44 bits per heavy atom. The summed E-state index contributed by atoms with van der Waals surface area (Å²) in [6.07, 6.45) is -4.83. The zero-order chi connectivity index (χ0) is 7.71. The Kier molecular flexibility index (Phi) is 2.06. The molecule has 0 aliphatic carbocycles. The van der Waals surface area contributed by atoms with Crippen LogP contribution in [0.25, 0.3) is 0 Å². The number of nitrogens with one attached hydrogen (secondary N) is 1. The molecule has 5 heteroatoms. The first kappa shape index (κ1) is 8.68. The van der Waals surface area contributed by atoms with Gasteiger partial charge in [-0.15, -0.1) is 0 Å². The standard InChI is InChI=1S/C4H7F4N/c1-3(5,9-2)4(6,7)8/h9H,1-2H3. The van der Waals surface area contributed by atoms with Crippen LogP contribution in [0.1, 0.15) is 6.92 Å². The summed E-state index contributed by atoms with van der Waals surface area (Å²) in [6.45, 7) is 0.424. The van der Waals surface area contributed by atoms with E-state index in [4.69, 9.17) is 0 Å². The number of rotatable bonds is 1. The lowest BCUT2D eigenvalue weighted by atomic mass is 10.3. The summed E-state index contributed by atoms with van der Waals surface area (Å²) in [7, 11) is 0.910. The van der Waals surface area contributed by atoms with Crippen LogP contribution in [0.4, 0.5) is 17.6 Å². The minimum Gasteiger partial charge on any atom is -0.281 e. The summed E-state index contributed by atoms with van der Waals surface area (Å²) in [5.74, 6) is -3.27. The molecule has 1 atom stereocenters. The van der Waals surface area contributed by atoms with Crippen LogP contribution in [0.2, 0.25) is 0 Å². The third kappa shape index (κ3) is 1.82. The van der Waals surface area contributed by atoms with E-state index in [9.17, 15) is 17.6 Å². The molecule has 0 saturated heterocycles. The normalized spacial score (nSPS) is 19.3. The molecule has 0 spiro atoms. The van der Waals surface area contributed by atoms with E-state index in [0.29, 0.717) is 6.92 Å². The summed E-state index contributed by atoms with van der Waals surface area (Å²) in [5.41, 5.74) is 0. The van der Waals surface area contributed by atoms with Crippen molar-refractivity contribution in [1.82, 2.24) is 5.32 Å². The first-order chi connectivity index (χ1) is 3.81. The van der Waals surface area contributed by atoms with Crippen LogP contribution in [-0.4, -0.2) is 19.0 Å². The van der Waals surface area contributed by atoms with Crippen molar-refractivity contribution < 1.29 is 17.6 Å². The number of halogens is 4. The lowest BCUT2D eigenvalue weighted by Gasteiger charge is -2.21. The molecule has 1 N–H and O–H groups in total. The quantitative estimate of drug-likeness (QED) is 0.435. The van der Waals surface area contributed by atoms with E-state index in [2.05, 4.69) is 0 Å². The molecule has 0 aliphatic rings. The average Bonchev–Trinajstić information content (AvgIpc) is 1.64. The van der Waals surface area contributed by atoms with E-state index in [1.165, 1.54) is 5.32 Å². The Labute approximate surface area is 50.0 Å². The molecule has 1 nitrogen and oxygen atoms in total. The van der Waals surface area contributed by atoms with Crippen molar-refractivity contribution in [3.05, 3.63) is 0 Å². The molecule has 0 aliphatic heterocycles. The molecular weight excluding hydrogens is 138 g/mol. The van der Waals surface area contributed by atoms with E-state index in [0.717, 1.165) is 7.05 Å². The number of hydrogen-bond donors (Lipinski definition) is 1. The van der Waals surface area contributed by atoms with Gasteiger partial charge in [0, 0.05) is 0 Å². The maximum absolute atomic E-state index is 12.1. The highest BCUT2D eigenvalue weighted by Gasteiger charge is 2.51. The Morgan fingerprint density at radius 3 is 1.44 bits per heavy atom. The molecule has 0 radical (unpaired) electrons. The van der Waals surface area contributed by atoms with Gasteiger partial charge in [-0.1, -0.05) is 0 Å². The van der Waals surface area contributed by atoms with Gasteiger partial charge in [-0.05, 0) is 14.0 Å². The molecule has 0 aromatic heterocycles. The molecule has 0 rings (SSSR count). The van der Waals surface area contributed by atoms with Crippen LogP contribution in [0.15, 0.2) is 0 Å². The molecule has 0 heterocycles. The molecule has 0 amide bonds. The van der Waals surface area contributed by atoms with Crippen LogP contribution in [0.3, 0.4) is 0 Å². The average molecular weight is 145 g/mol. The summed E-state index contributed by atoms with van der Waals surface area (Å²) < 4.78 is 46.3. The van der Waals surface area contributed by atoms with Gasteiger partial charge in [0.15, 0.2) is 0 Å². The third-order valence-electron chi connectivity index (χ3n) is 1.00. The van der Waals surface area contributed by atoms with Gasteiger partial charge in [0.25, 0.3) is 5.79 Å². The fourth-order valence-corrected chi connectivity index (χ4v) is 0.142. The molecule has 1 unspecified atom stereocenters. The molecule has 56 valence electrons. The van der Waals surface area contributed by atoms with Crippen molar-refractivity contribution in [2.24, 2.45) is 0 Å². The minimum atomic E-state index is -4.83. The van der Waals surface area contributed by atoms with Crippen LogP contribution in [0, 0.1) is 0 Å². The van der Waals surface area contributed by atoms with Gasteiger partial charge in [0.2, 0.25) is 0 Å². The predicted octanol–water partition coefficient (Wildman–Crippen LogP) is 1.45. The van der Waals surface area contributed by atoms with E-state index in [-0.39, 0.29) is 0 Å². The fourth-order valence-electron chi connectivity index (χ4n) is 0.142. The van der Waals surface area contributed by atoms with Crippen molar-refractivity contribution in [2.75, 3.05) is 7.05 Å². The van der Waals surface area contributed by atoms with Gasteiger partial charge in [-0.2, -0.15) is 13.2 Å². The second kappa shape index (κ2) is 2.13. The molecule has 0 saturated carbocycles. The fraction of sp³-hybridized carbons (Fsp3) is 1.00. The van der Waals surface area contributed by atoms with Crippen LogP contribution >= 0.6 is 0 Å². The lowest BCUT2D eigenvalue weighted by molar-refractivity contribution is -0.233. The summed E-state index contributed by atoms with van der Waals surface area (Å²) in [6, 6.07) is 0. The summed E-state index contributed by atoms with van der Waals surface area (Å²) in [4.78, 5) is 0. The maximum Gasteiger partial charge on any atom is 0.436 e. The Balaban J connectivity index is 4.14. The topological polar surface area (TPSA) is 12.0 Å². The van der Waals surface area contributed by atoms with E-state index in [1.807, 2.05) is 0 Å². The van der Waals surface area contributed by atoms with Gasteiger partial charge in [0.05, 0.1) is 0 Å². The molecule has 9 heavy (non-hydrogen) atoms. The summed E-state index contributed by atoms with van der Waals surface area (Å²) in [5, 5.41) is 1.49. The van der Waals surface area contributed by atoms with Crippen LogP contribution < -0.4 is 5.32 Å². The number of hydrogen-bond acceptors (Lipinski definition) is 1. The Morgan fingerprint density at radius 1 is 1.11 bits per heavy atom. The molecule has 0 bridgehead atoms. The summed E-state index contributed by atoms with van der Waals surface area (Å²) >= 11 is 0. The Hall–Kier alpha value is -0.320. The van der Waals surface area contributed by atoms with E-state index < -0.39 is 12.0 Å². The smallest absolute Gasteiger partial charge is 0.281 e. The molecule has 0 fully saturated rings. The van der Waals surface area contributed by atoms with Gasteiger partial charge in [-0.3, -0.25) is 5.32 Å². The van der Waals surface area contributed by atoms with Gasteiger partial charge < -0.3 is 0 Å². The first-order valence-corrected chi connectivity index (χ1v) is 2.26. The highest BCUT2D eigenvalue weighted by molar-refractivity contribution is 4.76. The second-order valence-corrected chi connectivity index (χ2v) is 1.75. The zero-order valence-corrected chi connectivity index (χ0v) is 5.01. The SMILES string of the molecule is CNC(C)(F)C(F)(F)F. The van der Waals surface area contributed by atoms with E-state index in [1.54, 1.807) is 0 Å². The van der Waals surface area contributed by atoms with Crippen molar-refractivity contribution in [2.45, 2.75) is 18.9 Å². The molecule has 0 aromatic rings. The first-order valence-electron chi connectivity index (χ1n) is 2.26. The molecule has 0 aromatic carbocycles. The molecular formula is C4H7F4N. The van der Waals surface area contributed by atoms with Gasteiger partial charge in [0.1, 0.15) is 0 Å². The predicted molar refractivity (Wildman–Crippen MR) is 24.6 cm³/mol. The van der Waals surface area contributed by atoms with Gasteiger partial charge in [-0.25, -0.2) is 4.39 Å². The third-order valence-corrected chi connectivity index (χ3v) is 1.00. The highest BCUT2D eigenvalue weighted by atomic mass is 19.4. The Bertz CT molecular complexity index is 95.2. The largest absolute Gasteiger partial charge is 0.436 e. The highest BCUT2D eigenvalue weighted by Crippen LogP contribution is 2.30. The van der Waals surface area contributed by atoms with Crippen molar-refractivity contribution in [3.8, 4) is 0 Å². The number of alkyl halides is 4. The van der Waals surface area contributed by atoms with Crippen molar-refractivity contribution >= 4 is 0 Å². The minimum absolute atomic E-state index is 0.424. The zero-order valence-electron chi connectivity index (χ0n) is 5.01. The van der Waals surface area contributed by atoms with Crippen molar-refractivity contribution in [3.63, 3.8) is 0 Å². The monoisotopic (exact) mass is 145 g/mol.